The number of carboxylic acid groups (broad SMARTS) is 1. The van der Waals surface area contributed by atoms with E-state index in [1.165, 1.54) is 0 Å². The zero-order chi connectivity index (χ0) is 13.8. The van der Waals surface area contributed by atoms with Gasteiger partial charge in [-0.05, 0) is 31.0 Å². The van der Waals surface area contributed by atoms with Crippen LogP contribution in [-0.2, 0) is 11.2 Å². The predicted octanol–water partition coefficient (Wildman–Crippen LogP) is 1.94. The summed E-state index contributed by atoms with van der Waals surface area (Å²) >= 11 is 0. The summed E-state index contributed by atoms with van der Waals surface area (Å²) in [5, 5.41) is 22.7. The summed E-state index contributed by atoms with van der Waals surface area (Å²) in [7, 11) is 0. The molecular weight excluding hydrogens is 244 g/mol. The molecule has 2 aromatic rings. The van der Waals surface area contributed by atoms with Crippen LogP contribution in [0.15, 0.2) is 36.7 Å². The van der Waals surface area contributed by atoms with E-state index in [1.807, 2.05) is 24.3 Å². The van der Waals surface area contributed by atoms with E-state index in [0.29, 0.717) is 6.42 Å². The van der Waals surface area contributed by atoms with Crippen molar-refractivity contribution >= 4 is 5.97 Å². The fraction of sp³-hybridized carbons (Fsp3) is 0.286. The van der Waals surface area contributed by atoms with Crippen LogP contribution in [0.5, 0.6) is 0 Å². The number of aliphatic hydroxyl groups excluding tert-OH is 1. The molecule has 100 valence electrons. The van der Waals surface area contributed by atoms with Crippen molar-refractivity contribution < 1.29 is 15.0 Å². The Hall–Kier alpha value is -2.14. The molecule has 1 atom stereocenters. The molecule has 1 aromatic heterocycles. The van der Waals surface area contributed by atoms with Gasteiger partial charge in [-0.25, -0.2) is 4.68 Å². The summed E-state index contributed by atoms with van der Waals surface area (Å²) in [6.07, 6.45) is 3.38. The molecule has 0 radical (unpaired) electrons. The van der Waals surface area contributed by atoms with Crippen molar-refractivity contribution in [3.05, 3.63) is 47.8 Å². The second-order valence-corrected chi connectivity index (χ2v) is 4.41. The lowest BCUT2D eigenvalue weighted by molar-refractivity contribution is -0.136. The van der Waals surface area contributed by atoms with Crippen molar-refractivity contribution in [2.45, 2.75) is 25.9 Å². The Bertz CT molecular complexity index is 562. The zero-order valence-corrected chi connectivity index (χ0v) is 10.7. The van der Waals surface area contributed by atoms with Gasteiger partial charge in [-0.1, -0.05) is 12.1 Å². The van der Waals surface area contributed by atoms with Gasteiger partial charge in [0, 0.05) is 24.4 Å². The average Bonchev–Trinajstić information content (AvgIpc) is 2.89. The molecule has 1 heterocycles. The van der Waals surface area contributed by atoms with Crippen molar-refractivity contribution in [1.29, 1.82) is 0 Å². The Morgan fingerprint density at radius 2 is 2.26 bits per heavy atom. The van der Waals surface area contributed by atoms with Gasteiger partial charge in [0.05, 0.1) is 11.8 Å². The highest BCUT2D eigenvalue weighted by Crippen LogP contribution is 2.23. The fourth-order valence-electron chi connectivity index (χ4n) is 1.97. The van der Waals surface area contributed by atoms with Crippen LogP contribution in [0, 0.1) is 0 Å². The summed E-state index contributed by atoms with van der Waals surface area (Å²) in [6.45, 7) is 1.68. The molecule has 5 heteroatoms. The Kier molecular flexibility index (Phi) is 3.97. The van der Waals surface area contributed by atoms with E-state index in [2.05, 4.69) is 5.10 Å². The number of carbonyl (C=O) groups is 1. The van der Waals surface area contributed by atoms with Crippen molar-refractivity contribution in [2.24, 2.45) is 0 Å². The third-order valence-corrected chi connectivity index (χ3v) is 2.92. The van der Waals surface area contributed by atoms with E-state index in [-0.39, 0.29) is 6.42 Å². The second kappa shape index (κ2) is 5.67. The Morgan fingerprint density at radius 1 is 1.47 bits per heavy atom. The highest BCUT2D eigenvalue weighted by atomic mass is 16.4. The number of carboxylic acids is 1. The lowest BCUT2D eigenvalue weighted by Crippen LogP contribution is -2.05. The number of benzene rings is 1. The van der Waals surface area contributed by atoms with Crippen LogP contribution in [0.2, 0.25) is 0 Å². The zero-order valence-electron chi connectivity index (χ0n) is 10.7. The van der Waals surface area contributed by atoms with Crippen LogP contribution in [0.3, 0.4) is 0 Å². The first-order chi connectivity index (χ1) is 9.08. The fourth-order valence-corrected chi connectivity index (χ4v) is 1.97. The first-order valence-corrected chi connectivity index (χ1v) is 6.10. The topological polar surface area (TPSA) is 75.3 Å². The monoisotopic (exact) mass is 260 g/mol. The minimum Gasteiger partial charge on any atom is -0.481 e. The maximum Gasteiger partial charge on any atom is 0.303 e. The van der Waals surface area contributed by atoms with Crippen LogP contribution in [0.4, 0.5) is 0 Å². The standard InChI is InChI=1S/C14H16N2O3/c1-10(17)12-9-11(4-6-14(18)19)3-5-13(12)16-8-2-7-15-16/h2-3,5,7-10,17H,4,6H2,1H3,(H,18,19)/t10-/m1/s1. The van der Waals surface area contributed by atoms with Crippen molar-refractivity contribution in [2.75, 3.05) is 0 Å². The predicted molar refractivity (Wildman–Crippen MR) is 70.2 cm³/mol. The molecule has 2 rings (SSSR count). The van der Waals surface area contributed by atoms with Crippen LogP contribution >= 0.6 is 0 Å². The van der Waals surface area contributed by atoms with E-state index in [0.717, 1.165) is 16.8 Å². The molecule has 0 fully saturated rings. The highest BCUT2D eigenvalue weighted by Gasteiger charge is 2.11. The van der Waals surface area contributed by atoms with Crippen LogP contribution in [0.25, 0.3) is 5.69 Å². The number of aromatic nitrogens is 2. The van der Waals surface area contributed by atoms with Gasteiger partial charge in [0.2, 0.25) is 0 Å². The summed E-state index contributed by atoms with van der Waals surface area (Å²) in [5.74, 6) is -0.824. The first kappa shape index (κ1) is 13.3. The molecule has 0 aliphatic carbocycles. The van der Waals surface area contributed by atoms with Crippen molar-refractivity contribution in [1.82, 2.24) is 9.78 Å². The Morgan fingerprint density at radius 3 is 2.84 bits per heavy atom. The molecule has 0 saturated carbocycles. The molecule has 0 unspecified atom stereocenters. The SMILES string of the molecule is C[C@@H](O)c1cc(CCC(=O)O)ccc1-n1cccn1. The normalized spacial score (nSPS) is 12.3. The third-order valence-electron chi connectivity index (χ3n) is 2.92. The van der Waals surface area contributed by atoms with Gasteiger partial charge in [-0.3, -0.25) is 4.79 Å². The van der Waals surface area contributed by atoms with E-state index in [4.69, 9.17) is 5.11 Å². The molecule has 0 amide bonds. The van der Waals surface area contributed by atoms with E-state index in [9.17, 15) is 9.90 Å². The van der Waals surface area contributed by atoms with Crippen LogP contribution < -0.4 is 0 Å². The first-order valence-electron chi connectivity index (χ1n) is 6.10. The lowest BCUT2D eigenvalue weighted by atomic mass is 10.0. The number of aryl methyl sites for hydroxylation is 1. The van der Waals surface area contributed by atoms with E-state index in [1.54, 1.807) is 24.0 Å². The number of nitrogens with zero attached hydrogens (tertiary/aromatic N) is 2. The highest BCUT2D eigenvalue weighted by molar-refractivity contribution is 5.67. The maximum atomic E-state index is 10.6. The summed E-state index contributed by atoms with van der Waals surface area (Å²) in [4.78, 5) is 10.6. The second-order valence-electron chi connectivity index (χ2n) is 4.41. The van der Waals surface area contributed by atoms with Crippen molar-refractivity contribution in [3.63, 3.8) is 0 Å². The number of hydrogen-bond donors (Lipinski definition) is 2. The van der Waals surface area contributed by atoms with Gasteiger partial charge in [0.1, 0.15) is 0 Å². The van der Waals surface area contributed by atoms with Crippen molar-refractivity contribution in [3.8, 4) is 5.69 Å². The minimum absolute atomic E-state index is 0.0837. The molecule has 19 heavy (non-hydrogen) atoms. The Balaban J connectivity index is 2.33. The molecule has 0 saturated heterocycles. The largest absolute Gasteiger partial charge is 0.481 e. The van der Waals surface area contributed by atoms with E-state index < -0.39 is 12.1 Å². The van der Waals surface area contributed by atoms with Gasteiger partial charge in [0.25, 0.3) is 0 Å². The molecule has 0 aliphatic heterocycles. The van der Waals surface area contributed by atoms with Gasteiger partial charge in [0.15, 0.2) is 0 Å². The summed E-state index contributed by atoms with van der Waals surface area (Å²) < 4.78 is 1.68. The number of aliphatic hydroxyl groups is 1. The maximum absolute atomic E-state index is 10.6. The van der Waals surface area contributed by atoms with Crippen LogP contribution in [0.1, 0.15) is 30.6 Å². The third kappa shape index (κ3) is 3.20. The summed E-state index contributed by atoms with van der Waals surface area (Å²) in [6, 6.07) is 7.37. The smallest absolute Gasteiger partial charge is 0.303 e. The molecule has 2 N–H and O–H groups in total. The van der Waals surface area contributed by atoms with Crippen LogP contribution in [-0.4, -0.2) is 26.0 Å². The quantitative estimate of drug-likeness (QED) is 0.861. The van der Waals surface area contributed by atoms with Gasteiger partial charge in [-0.15, -0.1) is 0 Å². The minimum atomic E-state index is -0.824. The molecule has 0 spiro atoms. The average molecular weight is 260 g/mol. The van der Waals surface area contributed by atoms with Gasteiger partial charge >= 0.3 is 5.97 Å². The molecule has 0 aliphatic rings. The van der Waals surface area contributed by atoms with Gasteiger partial charge in [-0.2, -0.15) is 5.10 Å². The Labute approximate surface area is 111 Å². The number of aliphatic carboxylic acids is 1. The molecule has 1 aromatic carbocycles. The molecule has 5 nitrogen and oxygen atoms in total. The number of rotatable bonds is 5. The summed E-state index contributed by atoms with van der Waals surface area (Å²) in [5.41, 5.74) is 2.44. The lowest BCUT2D eigenvalue weighted by Gasteiger charge is -2.14. The van der Waals surface area contributed by atoms with E-state index >= 15 is 0 Å². The number of hydrogen-bond acceptors (Lipinski definition) is 3. The van der Waals surface area contributed by atoms with Gasteiger partial charge < -0.3 is 10.2 Å². The molecule has 0 bridgehead atoms. The molecular formula is C14H16N2O3.